The molecule has 3 heteroatoms. The molecule has 15 heavy (non-hydrogen) atoms. The Hall–Kier alpha value is -0.120. The van der Waals surface area contributed by atoms with E-state index in [-0.39, 0.29) is 19.3 Å². The van der Waals surface area contributed by atoms with Gasteiger partial charge in [0.1, 0.15) is 0 Å². The smallest absolute Gasteiger partial charge is 0.0609 e. The lowest BCUT2D eigenvalue weighted by molar-refractivity contribution is 0.0441. The van der Waals surface area contributed by atoms with Gasteiger partial charge in [-0.05, 0) is 25.8 Å². The van der Waals surface area contributed by atoms with Crippen molar-refractivity contribution in [3.8, 4) is 0 Å². The molecule has 2 N–H and O–H groups in total. The topological polar surface area (TPSA) is 43.7 Å². The zero-order valence-electron chi connectivity index (χ0n) is 9.86. The van der Waals surface area contributed by atoms with E-state index in [1.54, 1.807) is 0 Å². The Kier molecular flexibility index (Phi) is 6.22. The number of hydrogen-bond donors (Lipinski definition) is 2. The fourth-order valence-electron chi connectivity index (χ4n) is 2.51. The highest BCUT2D eigenvalue weighted by Crippen LogP contribution is 2.25. The summed E-state index contributed by atoms with van der Waals surface area (Å²) in [5, 5.41) is 18.5. The third kappa shape index (κ3) is 3.74. The first-order valence-corrected chi connectivity index (χ1v) is 6.31. The van der Waals surface area contributed by atoms with Gasteiger partial charge in [0.25, 0.3) is 0 Å². The summed E-state index contributed by atoms with van der Waals surface area (Å²) < 4.78 is 0. The summed E-state index contributed by atoms with van der Waals surface area (Å²) in [5.41, 5.74) is 0. The third-order valence-corrected chi connectivity index (χ3v) is 3.45. The summed E-state index contributed by atoms with van der Waals surface area (Å²) in [5.74, 6) is 0. The molecule has 1 rings (SSSR count). The minimum atomic E-state index is -0.0420. The number of aliphatic hydroxyl groups excluding tert-OH is 2. The molecule has 0 bridgehead atoms. The van der Waals surface area contributed by atoms with E-state index in [4.69, 9.17) is 0 Å². The van der Waals surface area contributed by atoms with Gasteiger partial charge >= 0.3 is 0 Å². The van der Waals surface area contributed by atoms with Crippen LogP contribution in [0, 0.1) is 0 Å². The van der Waals surface area contributed by atoms with E-state index in [1.165, 1.54) is 32.1 Å². The second-order valence-electron chi connectivity index (χ2n) is 4.55. The zero-order chi connectivity index (χ0) is 11.1. The normalized spacial score (nSPS) is 18.2. The van der Waals surface area contributed by atoms with Gasteiger partial charge in [-0.25, -0.2) is 0 Å². The van der Waals surface area contributed by atoms with E-state index in [9.17, 15) is 10.2 Å². The lowest BCUT2D eigenvalue weighted by Crippen LogP contribution is -2.46. The number of rotatable bonds is 7. The molecule has 0 aliphatic heterocycles. The van der Waals surface area contributed by atoms with Crippen LogP contribution in [0.25, 0.3) is 0 Å². The first-order valence-electron chi connectivity index (χ1n) is 6.31. The van der Waals surface area contributed by atoms with Crippen LogP contribution in [0.15, 0.2) is 0 Å². The maximum absolute atomic E-state index is 9.25. The van der Waals surface area contributed by atoms with Crippen molar-refractivity contribution in [1.29, 1.82) is 0 Å². The molecular weight excluding hydrogens is 190 g/mol. The van der Waals surface area contributed by atoms with Crippen LogP contribution in [0.2, 0.25) is 0 Å². The summed E-state index contributed by atoms with van der Waals surface area (Å²) in [6, 6.07) is 0.556. The van der Waals surface area contributed by atoms with Crippen LogP contribution >= 0.6 is 0 Å². The van der Waals surface area contributed by atoms with Crippen molar-refractivity contribution in [1.82, 2.24) is 4.90 Å². The molecule has 0 aromatic carbocycles. The van der Waals surface area contributed by atoms with Crippen molar-refractivity contribution in [3.05, 3.63) is 0 Å². The number of nitrogens with zero attached hydrogens (tertiary/aromatic N) is 1. The second-order valence-corrected chi connectivity index (χ2v) is 4.55. The molecule has 1 saturated carbocycles. The van der Waals surface area contributed by atoms with Crippen molar-refractivity contribution in [2.45, 2.75) is 57.5 Å². The summed E-state index contributed by atoms with van der Waals surface area (Å²) in [6.07, 6.45) is 7.41. The van der Waals surface area contributed by atoms with Gasteiger partial charge in [-0.2, -0.15) is 0 Å². The molecule has 0 atom stereocenters. The molecule has 0 radical (unpaired) electrons. The molecule has 0 aromatic heterocycles. The molecule has 1 aliphatic carbocycles. The second kappa shape index (κ2) is 7.20. The highest BCUT2D eigenvalue weighted by Gasteiger charge is 2.27. The SMILES string of the molecule is CCCCN(C(CO)CO)C1CCCC1. The molecule has 90 valence electrons. The van der Waals surface area contributed by atoms with E-state index in [1.807, 2.05) is 0 Å². The lowest BCUT2D eigenvalue weighted by Gasteiger charge is -2.34. The molecular formula is C12H25NO2. The van der Waals surface area contributed by atoms with Crippen molar-refractivity contribution in [3.63, 3.8) is 0 Å². The Morgan fingerprint density at radius 2 is 1.80 bits per heavy atom. The van der Waals surface area contributed by atoms with Gasteiger partial charge in [0.15, 0.2) is 0 Å². The molecule has 0 amide bonds. The predicted octanol–water partition coefficient (Wildman–Crippen LogP) is 1.38. The molecule has 0 saturated heterocycles. The van der Waals surface area contributed by atoms with Gasteiger partial charge in [-0.15, -0.1) is 0 Å². The van der Waals surface area contributed by atoms with Crippen molar-refractivity contribution >= 4 is 0 Å². The molecule has 1 aliphatic rings. The summed E-state index contributed by atoms with van der Waals surface area (Å²) in [6.45, 7) is 3.36. The molecule has 0 aromatic rings. The average molecular weight is 215 g/mol. The van der Waals surface area contributed by atoms with E-state index < -0.39 is 0 Å². The van der Waals surface area contributed by atoms with Crippen LogP contribution in [-0.2, 0) is 0 Å². The standard InChI is InChI=1S/C12H25NO2/c1-2-3-8-13(12(9-14)10-15)11-6-4-5-7-11/h11-12,14-15H,2-10H2,1H3. The minimum Gasteiger partial charge on any atom is -0.395 e. The molecule has 3 nitrogen and oxygen atoms in total. The summed E-state index contributed by atoms with van der Waals surface area (Å²) in [7, 11) is 0. The van der Waals surface area contributed by atoms with E-state index in [0.717, 1.165) is 13.0 Å². The molecule has 0 spiro atoms. The Balaban J connectivity index is 2.49. The minimum absolute atomic E-state index is 0.0420. The Morgan fingerprint density at radius 3 is 2.27 bits per heavy atom. The van der Waals surface area contributed by atoms with E-state index in [0.29, 0.717) is 6.04 Å². The first kappa shape index (κ1) is 12.9. The maximum Gasteiger partial charge on any atom is 0.0609 e. The van der Waals surface area contributed by atoms with Gasteiger partial charge in [-0.3, -0.25) is 4.90 Å². The van der Waals surface area contributed by atoms with Crippen LogP contribution in [0.5, 0.6) is 0 Å². The van der Waals surface area contributed by atoms with Gasteiger partial charge in [0.05, 0.1) is 19.3 Å². The highest BCUT2D eigenvalue weighted by atomic mass is 16.3. The van der Waals surface area contributed by atoms with Crippen LogP contribution in [-0.4, -0.2) is 47.0 Å². The average Bonchev–Trinajstić information content (AvgIpc) is 2.77. The van der Waals surface area contributed by atoms with Gasteiger partial charge in [-0.1, -0.05) is 26.2 Å². The largest absolute Gasteiger partial charge is 0.395 e. The van der Waals surface area contributed by atoms with E-state index >= 15 is 0 Å². The fraction of sp³-hybridized carbons (Fsp3) is 1.00. The van der Waals surface area contributed by atoms with Crippen LogP contribution in [0.4, 0.5) is 0 Å². The van der Waals surface area contributed by atoms with Crippen molar-refractivity contribution in [2.24, 2.45) is 0 Å². The van der Waals surface area contributed by atoms with Crippen molar-refractivity contribution in [2.75, 3.05) is 19.8 Å². The number of aliphatic hydroxyl groups is 2. The summed E-state index contributed by atoms with van der Waals surface area (Å²) in [4.78, 5) is 2.33. The maximum atomic E-state index is 9.25. The fourth-order valence-corrected chi connectivity index (χ4v) is 2.51. The van der Waals surface area contributed by atoms with Crippen molar-refractivity contribution < 1.29 is 10.2 Å². The predicted molar refractivity (Wildman–Crippen MR) is 61.8 cm³/mol. The Morgan fingerprint density at radius 1 is 1.20 bits per heavy atom. The van der Waals surface area contributed by atoms with Crippen LogP contribution in [0.1, 0.15) is 45.4 Å². The zero-order valence-corrected chi connectivity index (χ0v) is 9.86. The molecule has 0 unspecified atom stereocenters. The Labute approximate surface area is 93.1 Å². The summed E-state index contributed by atoms with van der Waals surface area (Å²) >= 11 is 0. The van der Waals surface area contributed by atoms with Gasteiger partial charge in [0.2, 0.25) is 0 Å². The van der Waals surface area contributed by atoms with Gasteiger partial charge < -0.3 is 10.2 Å². The van der Waals surface area contributed by atoms with E-state index in [2.05, 4.69) is 11.8 Å². The number of hydrogen-bond acceptors (Lipinski definition) is 3. The van der Waals surface area contributed by atoms with Crippen LogP contribution in [0.3, 0.4) is 0 Å². The van der Waals surface area contributed by atoms with Crippen LogP contribution < -0.4 is 0 Å². The lowest BCUT2D eigenvalue weighted by atomic mass is 10.1. The molecule has 1 fully saturated rings. The monoisotopic (exact) mass is 215 g/mol. The van der Waals surface area contributed by atoms with Gasteiger partial charge in [0, 0.05) is 6.04 Å². The third-order valence-electron chi connectivity index (χ3n) is 3.45. The number of unbranched alkanes of at least 4 members (excludes halogenated alkanes) is 1. The highest BCUT2D eigenvalue weighted by molar-refractivity contribution is 4.82. The molecule has 0 heterocycles. The quantitative estimate of drug-likeness (QED) is 0.674. The Bertz CT molecular complexity index is 152. The first-order chi connectivity index (χ1) is 7.33.